The van der Waals surface area contributed by atoms with E-state index in [0.29, 0.717) is 0 Å². The monoisotopic (exact) mass is 506 g/mol. The van der Waals surface area contributed by atoms with Crippen molar-refractivity contribution in [3.05, 3.63) is 108 Å². The highest BCUT2D eigenvalue weighted by molar-refractivity contribution is 7.99. The Kier molecular flexibility index (Phi) is 10.9. The Morgan fingerprint density at radius 1 is 0.432 bits per heavy atom. The number of hydrogen-bond donors (Lipinski definition) is 0. The molecule has 37 heavy (non-hydrogen) atoms. The lowest BCUT2D eigenvalue weighted by atomic mass is 10.0. The minimum Gasteiger partial charge on any atom is -0.0888 e. The Hall–Kier alpha value is -2.77. The second kappa shape index (κ2) is 14.8. The maximum absolute atomic E-state index is 2.32. The molecule has 0 fully saturated rings. The molecule has 0 spiro atoms. The van der Waals surface area contributed by atoms with Crippen LogP contribution in [0, 0.1) is 0 Å². The van der Waals surface area contributed by atoms with Gasteiger partial charge in [-0.2, -0.15) is 0 Å². The summed E-state index contributed by atoms with van der Waals surface area (Å²) in [7, 11) is 0. The van der Waals surface area contributed by atoms with Crippen LogP contribution in [0.3, 0.4) is 0 Å². The topological polar surface area (TPSA) is 0 Å². The van der Waals surface area contributed by atoms with Crippen molar-refractivity contribution in [1.82, 2.24) is 0 Å². The Balaban J connectivity index is 1.49. The number of unbranched alkanes of at least 4 members (excludes halogenated alkanes) is 6. The van der Waals surface area contributed by atoms with E-state index in [0.717, 1.165) is 0 Å². The highest BCUT2D eigenvalue weighted by Crippen LogP contribution is 2.40. The third-order valence-electron chi connectivity index (χ3n) is 7.16. The van der Waals surface area contributed by atoms with Crippen LogP contribution in [-0.4, -0.2) is 0 Å². The van der Waals surface area contributed by atoms with E-state index in [4.69, 9.17) is 0 Å². The van der Waals surface area contributed by atoms with Gasteiger partial charge in [-0.05, 0) is 71.2 Å². The number of benzene rings is 4. The molecule has 0 heterocycles. The normalized spacial score (nSPS) is 11.1. The Morgan fingerprint density at radius 2 is 0.838 bits per heavy atom. The lowest BCUT2D eigenvalue weighted by Crippen LogP contribution is -1.89. The zero-order valence-corrected chi connectivity index (χ0v) is 23.5. The fourth-order valence-corrected chi connectivity index (χ4v) is 6.04. The molecule has 0 N–H and O–H groups in total. The van der Waals surface area contributed by atoms with Gasteiger partial charge in [-0.1, -0.05) is 149 Å². The zero-order valence-electron chi connectivity index (χ0n) is 22.7. The van der Waals surface area contributed by atoms with E-state index < -0.39 is 0 Å². The van der Waals surface area contributed by atoms with Gasteiger partial charge in [-0.25, -0.2) is 0 Å². The van der Waals surface area contributed by atoms with Gasteiger partial charge >= 0.3 is 0 Å². The fourth-order valence-electron chi connectivity index (χ4n) is 4.92. The quantitative estimate of drug-likeness (QED) is 0.153. The van der Waals surface area contributed by atoms with Crippen LogP contribution >= 0.6 is 11.8 Å². The molecule has 0 bridgehead atoms. The average molecular weight is 507 g/mol. The first-order valence-corrected chi connectivity index (χ1v) is 15.1. The van der Waals surface area contributed by atoms with Gasteiger partial charge < -0.3 is 0 Å². The first-order valence-electron chi connectivity index (χ1n) is 14.3. The van der Waals surface area contributed by atoms with Crippen molar-refractivity contribution in [2.24, 2.45) is 0 Å². The van der Waals surface area contributed by atoms with Crippen LogP contribution in [0.25, 0.3) is 22.3 Å². The van der Waals surface area contributed by atoms with E-state index in [1.54, 1.807) is 0 Å². The largest absolute Gasteiger partial charge is 0.0888 e. The smallest absolute Gasteiger partial charge is 0.0201 e. The molecule has 0 nitrogen and oxygen atoms in total. The van der Waals surface area contributed by atoms with Gasteiger partial charge in [0, 0.05) is 9.79 Å². The van der Waals surface area contributed by atoms with E-state index in [-0.39, 0.29) is 0 Å². The van der Waals surface area contributed by atoms with Crippen molar-refractivity contribution in [3.8, 4) is 22.3 Å². The van der Waals surface area contributed by atoms with Crippen molar-refractivity contribution in [3.63, 3.8) is 0 Å². The third-order valence-corrected chi connectivity index (χ3v) is 8.31. The summed E-state index contributed by atoms with van der Waals surface area (Å²) >= 11 is 1.88. The molecular formula is C36H42S. The zero-order chi connectivity index (χ0) is 25.7. The second-order valence-corrected chi connectivity index (χ2v) is 11.2. The highest BCUT2D eigenvalue weighted by atomic mass is 32.2. The minimum atomic E-state index is 1.18. The van der Waals surface area contributed by atoms with E-state index in [1.807, 2.05) is 11.8 Å². The first kappa shape index (κ1) is 27.3. The lowest BCUT2D eigenvalue weighted by molar-refractivity contribution is 0.667. The number of hydrogen-bond acceptors (Lipinski definition) is 1. The van der Waals surface area contributed by atoms with Crippen LogP contribution in [-0.2, 0) is 12.8 Å². The van der Waals surface area contributed by atoms with Crippen molar-refractivity contribution >= 4 is 11.8 Å². The summed E-state index contributed by atoms with van der Waals surface area (Å²) in [6.45, 7) is 4.55. The summed E-state index contributed by atoms with van der Waals surface area (Å²) in [5, 5.41) is 0. The Morgan fingerprint density at radius 3 is 1.24 bits per heavy atom. The molecule has 0 aliphatic carbocycles. The summed E-state index contributed by atoms with van der Waals surface area (Å²) < 4.78 is 0. The van der Waals surface area contributed by atoms with Crippen LogP contribution in [0.5, 0.6) is 0 Å². The Bertz CT molecular complexity index is 1110. The second-order valence-electron chi connectivity index (χ2n) is 10.1. The fraction of sp³-hybridized carbons (Fsp3) is 0.333. The van der Waals surface area contributed by atoms with Crippen molar-refractivity contribution in [2.75, 3.05) is 0 Å². The molecule has 0 aliphatic rings. The maximum atomic E-state index is 2.32. The number of aryl methyl sites for hydroxylation is 2. The molecule has 0 aliphatic heterocycles. The molecule has 0 aromatic heterocycles. The van der Waals surface area contributed by atoms with Crippen LogP contribution in [0.2, 0.25) is 0 Å². The minimum absolute atomic E-state index is 1.18. The van der Waals surface area contributed by atoms with Gasteiger partial charge in [0.25, 0.3) is 0 Å². The summed E-state index contributed by atoms with van der Waals surface area (Å²) in [6.07, 6.45) is 12.9. The first-order chi connectivity index (χ1) is 18.3. The summed E-state index contributed by atoms with van der Waals surface area (Å²) in [5.41, 5.74) is 8.11. The van der Waals surface area contributed by atoms with Gasteiger partial charge in [-0.3, -0.25) is 0 Å². The van der Waals surface area contributed by atoms with Crippen molar-refractivity contribution < 1.29 is 0 Å². The predicted octanol–water partition coefficient (Wildman–Crippen LogP) is 11.4. The molecule has 4 aromatic carbocycles. The predicted molar refractivity (Wildman–Crippen MR) is 164 cm³/mol. The molecule has 1 heteroatoms. The summed E-state index contributed by atoms with van der Waals surface area (Å²) in [5.74, 6) is 0. The lowest BCUT2D eigenvalue weighted by Gasteiger charge is -2.14. The molecule has 192 valence electrons. The van der Waals surface area contributed by atoms with E-state index in [2.05, 4.69) is 111 Å². The molecule has 4 aromatic rings. The van der Waals surface area contributed by atoms with Crippen LogP contribution in [0.4, 0.5) is 0 Å². The van der Waals surface area contributed by atoms with Gasteiger partial charge in [-0.15, -0.1) is 0 Å². The maximum Gasteiger partial charge on any atom is 0.0201 e. The molecule has 0 radical (unpaired) electrons. The summed E-state index contributed by atoms with van der Waals surface area (Å²) in [4.78, 5) is 2.61. The molecule has 0 saturated carbocycles. The van der Waals surface area contributed by atoms with Crippen LogP contribution in [0.15, 0.2) is 107 Å². The van der Waals surface area contributed by atoms with Crippen LogP contribution < -0.4 is 0 Å². The molecular weight excluding hydrogens is 464 g/mol. The molecule has 4 rings (SSSR count). The van der Waals surface area contributed by atoms with Gasteiger partial charge in [0.05, 0.1) is 0 Å². The van der Waals surface area contributed by atoms with Gasteiger partial charge in [0.2, 0.25) is 0 Å². The van der Waals surface area contributed by atoms with Crippen molar-refractivity contribution in [2.45, 2.75) is 87.8 Å². The highest BCUT2D eigenvalue weighted by Gasteiger charge is 2.11. The molecule has 0 amide bonds. The molecule has 0 unspecified atom stereocenters. The average Bonchev–Trinajstić information content (AvgIpc) is 2.95. The van der Waals surface area contributed by atoms with Gasteiger partial charge in [0.15, 0.2) is 0 Å². The SMILES string of the molecule is CCCCCCc1ccc(-c2ccccc2Sc2ccccc2-c2ccc(CCCCCC)cc2)cc1. The number of rotatable bonds is 14. The Labute approximate surface area is 229 Å². The van der Waals surface area contributed by atoms with Crippen LogP contribution in [0.1, 0.15) is 76.3 Å². The summed E-state index contributed by atoms with van der Waals surface area (Å²) in [6, 6.07) is 36.2. The van der Waals surface area contributed by atoms with Crippen molar-refractivity contribution in [1.29, 1.82) is 0 Å². The standard InChI is InChI=1S/C36H42S/c1-3-5-7-9-15-29-21-25-31(26-22-29)33-17-11-13-19-35(33)37-36-20-14-12-18-34(36)32-27-23-30(24-28-32)16-10-8-6-4-2/h11-14,17-28H,3-10,15-16H2,1-2H3. The van der Waals surface area contributed by atoms with Gasteiger partial charge in [0.1, 0.15) is 0 Å². The third kappa shape index (κ3) is 8.11. The van der Waals surface area contributed by atoms with E-state index >= 15 is 0 Å². The van der Waals surface area contributed by atoms with E-state index in [9.17, 15) is 0 Å². The van der Waals surface area contributed by atoms with E-state index in [1.165, 1.54) is 107 Å². The molecule has 0 saturated heterocycles. The molecule has 0 atom stereocenters.